The molecular weight excluding hydrogens is 288 g/mol. The third-order valence-electron chi connectivity index (χ3n) is 3.28. The fourth-order valence-corrected chi connectivity index (χ4v) is 2.78. The Morgan fingerprint density at radius 2 is 2.14 bits per heavy atom. The summed E-state index contributed by atoms with van der Waals surface area (Å²) in [6.07, 6.45) is 0. The van der Waals surface area contributed by atoms with Gasteiger partial charge in [-0.25, -0.2) is 4.79 Å². The van der Waals surface area contributed by atoms with Gasteiger partial charge in [0, 0.05) is 24.8 Å². The van der Waals surface area contributed by atoms with Gasteiger partial charge in [0.25, 0.3) is 0 Å². The van der Waals surface area contributed by atoms with Crippen molar-refractivity contribution in [3.63, 3.8) is 0 Å². The van der Waals surface area contributed by atoms with Gasteiger partial charge in [-0.1, -0.05) is 13.0 Å². The number of urea groups is 1. The predicted octanol–water partition coefficient (Wildman–Crippen LogP) is 2.76. The fraction of sp³-hybridized carbons (Fsp3) is 0.333. The van der Waals surface area contributed by atoms with Crippen LogP contribution in [0.25, 0.3) is 10.1 Å². The molecule has 0 aliphatic heterocycles. The van der Waals surface area contributed by atoms with Crippen LogP contribution in [-0.4, -0.2) is 35.6 Å². The lowest BCUT2D eigenvalue weighted by Crippen LogP contribution is -2.40. The van der Waals surface area contributed by atoms with Crippen molar-refractivity contribution in [2.24, 2.45) is 5.92 Å². The molecule has 2 rings (SSSR count). The number of nitrogens with one attached hydrogen (secondary N) is 1. The third-order valence-corrected chi connectivity index (χ3v) is 4.17. The van der Waals surface area contributed by atoms with E-state index in [0.717, 1.165) is 5.56 Å². The van der Waals surface area contributed by atoms with E-state index in [1.54, 1.807) is 25.3 Å². The molecule has 0 spiro atoms. The maximum atomic E-state index is 11.9. The summed E-state index contributed by atoms with van der Waals surface area (Å²) in [4.78, 5) is 24.1. The van der Waals surface area contributed by atoms with Crippen LogP contribution in [0.15, 0.2) is 29.6 Å². The number of rotatable bonds is 5. The van der Waals surface area contributed by atoms with Crippen LogP contribution in [0, 0.1) is 5.92 Å². The highest BCUT2D eigenvalue weighted by molar-refractivity contribution is 7.17. The van der Waals surface area contributed by atoms with E-state index in [0.29, 0.717) is 6.54 Å². The van der Waals surface area contributed by atoms with Crippen molar-refractivity contribution in [2.75, 3.05) is 13.6 Å². The number of benzene rings is 1. The molecule has 1 unspecified atom stereocenters. The van der Waals surface area contributed by atoms with Crippen LogP contribution in [0.1, 0.15) is 12.5 Å². The summed E-state index contributed by atoms with van der Waals surface area (Å²) in [6.45, 7) is 2.19. The second kappa shape index (κ2) is 6.58. The molecular formula is C15H18N2O3S. The van der Waals surface area contributed by atoms with Crippen LogP contribution in [0.4, 0.5) is 4.79 Å². The number of thiophene rings is 1. The van der Waals surface area contributed by atoms with Crippen molar-refractivity contribution in [1.82, 2.24) is 10.2 Å². The molecule has 5 nitrogen and oxygen atoms in total. The average Bonchev–Trinajstić information content (AvgIpc) is 2.91. The van der Waals surface area contributed by atoms with Crippen LogP contribution >= 0.6 is 11.3 Å². The quantitative estimate of drug-likeness (QED) is 0.892. The summed E-state index contributed by atoms with van der Waals surface area (Å²) in [7, 11) is 1.59. The number of hydrogen-bond donors (Lipinski definition) is 2. The molecule has 0 bridgehead atoms. The lowest BCUT2D eigenvalue weighted by Gasteiger charge is -2.20. The lowest BCUT2D eigenvalue weighted by atomic mass is 10.1. The number of aliphatic carboxylic acids is 1. The minimum atomic E-state index is -0.905. The van der Waals surface area contributed by atoms with Gasteiger partial charge in [-0.05, 0) is 34.5 Å². The number of carboxylic acid groups (broad SMARTS) is 1. The molecule has 0 aliphatic rings. The van der Waals surface area contributed by atoms with Gasteiger partial charge in [0.2, 0.25) is 0 Å². The van der Waals surface area contributed by atoms with Crippen LogP contribution < -0.4 is 5.32 Å². The highest BCUT2D eigenvalue weighted by atomic mass is 32.1. The summed E-state index contributed by atoms with van der Waals surface area (Å²) in [6, 6.07) is 7.85. The summed E-state index contributed by atoms with van der Waals surface area (Å²) < 4.78 is 1.22. The Balaban J connectivity index is 1.89. The van der Waals surface area contributed by atoms with E-state index in [2.05, 4.69) is 5.32 Å². The Kier molecular flexibility index (Phi) is 4.80. The molecule has 0 saturated carbocycles. The molecule has 1 heterocycles. The second-order valence-corrected chi connectivity index (χ2v) is 6.02. The first-order chi connectivity index (χ1) is 9.97. The predicted molar refractivity (Wildman–Crippen MR) is 83.5 cm³/mol. The minimum Gasteiger partial charge on any atom is -0.481 e. The molecule has 21 heavy (non-hydrogen) atoms. The molecule has 2 amide bonds. The van der Waals surface area contributed by atoms with Crippen LogP contribution in [-0.2, 0) is 11.3 Å². The Labute approximate surface area is 127 Å². The van der Waals surface area contributed by atoms with Gasteiger partial charge in [-0.3, -0.25) is 4.79 Å². The van der Waals surface area contributed by atoms with Gasteiger partial charge in [-0.15, -0.1) is 11.3 Å². The zero-order valence-corrected chi connectivity index (χ0v) is 12.8. The van der Waals surface area contributed by atoms with E-state index < -0.39 is 11.9 Å². The molecule has 0 aliphatic carbocycles. The Bertz CT molecular complexity index is 653. The highest BCUT2D eigenvalue weighted by Gasteiger charge is 2.16. The SMILES string of the molecule is CC(CN(C)C(=O)NCc1ccc2sccc2c1)C(=O)O. The maximum Gasteiger partial charge on any atom is 0.317 e. The number of fused-ring (bicyclic) bond motifs is 1. The summed E-state index contributed by atoms with van der Waals surface area (Å²) in [5.41, 5.74) is 1.02. The van der Waals surface area contributed by atoms with Gasteiger partial charge in [0.15, 0.2) is 0 Å². The van der Waals surface area contributed by atoms with E-state index in [-0.39, 0.29) is 12.6 Å². The number of hydrogen-bond acceptors (Lipinski definition) is 3. The van der Waals surface area contributed by atoms with Crippen molar-refractivity contribution in [3.05, 3.63) is 35.2 Å². The largest absolute Gasteiger partial charge is 0.481 e. The zero-order chi connectivity index (χ0) is 15.4. The number of carboxylic acids is 1. The molecule has 2 N–H and O–H groups in total. The first kappa shape index (κ1) is 15.3. The Morgan fingerprint density at radius 3 is 2.86 bits per heavy atom. The number of carbonyl (C=O) groups is 2. The topological polar surface area (TPSA) is 69.6 Å². The van der Waals surface area contributed by atoms with Crippen molar-refractivity contribution in [3.8, 4) is 0 Å². The Hall–Kier alpha value is -2.08. The fourth-order valence-electron chi connectivity index (χ4n) is 2.01. The molecule has 1 atom stereocenters. The molecule has 112 valence electrons. The van der Waals surface area contributed by atoms with Crippen molar-refractivity contribution in [2.45, 2.75) is 13.5 Å². The zero-order valence-electron chi connectivity index (χ0n) is 12.0. The number of amides is 2. The van der Waals surface area contributed by atoms with Gasteiger partial charge in [-0.2, -0.15) is 0 Å². The van der Waals surface area contributed by atoms with Crippen molar-refractivity contribution < 1.29 is 14.7 Å². The summed E-state index contributed by atoms with van der Waals surface area (Å²) in [5.74, 6) is -1.49. The molecule has 1 aromatic carbocycles. The molecule has 0 saturated heterocycles. The van der Waals surface area contributed by atoms with Crippen LogP contribution in [0.5, 0.6) is 0 Å². The standard InChI is InChI=1S/C15H18N2O3S/c1-10(14(18)19)9-17(2)15(20)16-8-11-3-4-13-12(7-11)5-6-21-13/h3-7,10H,8-9H2,1-2H3,(H,16,20)(H,18,19). The monoisotopic (exact) mass is 306 g/mol. The number of carbonyl (C=O) groups excluding carboxylic acids is 1. The van der Waals surface area contributed by atoms with E-state index in [4.69, 9.17) is 5.11 Å². The average molecular weight is 306 g/mol. The molecule has 1 aromatic heterocycles. The van der Waals surface area contributed by atoms with E-state index in [1.807, 2.05) is 29.6 Å². The van der Waals surface area contributed by atoms with Crippen molar-refractivity contribution >= 4 is 33.4 Å². The molecule has 0 fully saturated rings. The van der Waals surface area contributed by atoms with Crippen LogP contribution in [0.3, 0.4) is 0 Å². The van der Waals surface area contributed by atoms with Crippen molar-refractivity contribution in [1.29, 1.82) is 0 Å². The highest BCUT2D eigenvalue weighted by Crippen LogP contribution is 2.21. The van der Waals surface area contributed by atoms with Gasteiger partial charge in [0.1, 0.15) is 0 Å². The molecule has 2 aromatic rings. The molecule has 6 heteroatoms. The second-order valence-electron chi connectivity index (χ2n) is 5.07. The molecule has 0 radical (unpaired) electrons. The first-order valence-electron chi connectivity index (χ1n) is 6.65. The minimum absolute atomic E-state index is 0.185. The van der Waals surface area contributed by atoms with Gasteiger partial charge < -0.3 is 15.3 Å². The third kappa shape index (κ3) is 3.95. The van der Waals surface area contributed by atoms with Gasteiger partial charge in [0.05, 0.1) is 5.92 Å². The lowest BCUT2D eigenvalue weighted by molar-refractivity contribution is -0.141. The smallest absolute Gasteiger partial charge is 0.317 e. The van der Waals surface area contributed by atoms with E-state index >= 15 is 0 Å². The van der Waals surface area contributed by atoms with Gasteiger partial charge >= 0.3 is 12.0 Å². The van der Waals surface area contributed by atoms with E-state index in [9.17, 15) is 9.59 Å². The normalized spacial score (nSPS) is 12.1. The Morgan fingerprint density at radius 1 is 1.38 bits per heavy atom. The van der Waals surface area contributed by atoms with E-state index in [1.165, 1.54) is 15.0 Å². The number of nitrogens with zero attached hydrogens (tertiary/aromatic N) is 1. The summed E-state index contributed by atoms with van der Waals surface area (Å²) in [5, 5.41) is 14.8. The maximum absolute atomic E-state index is 11.9. The van der Waals surface area contributed by atoms with Crippen LogP contribution in [0.2, 0.25) is 0 Å². The summed E-state index contributed by atoms with van der Waals surface area (Å²) >= 11 is 1.68. The first-order valence-corrected chi connectivity index (χ1v) is 7.53.